The number of nitrogens with zero attached hydrogens (tertiary/aromatic N) is 2. The van der Waals surface area contributed by atoms with Crippen LogP contribution < -0.4 is 11.1 Å². The minimum Gasteiger partial charge on any atom is -0.398 e. The number of aryl methyl sites for hydroxylation is 1. The van der Waals surface area contributed by atoms with Crippen molar-refractivity contribution in [2.24, 2.45) is 7.05 Å². The second-order valence-corrected chi connectivity index (χ2v) is 4.38. The molecule has 0 spiro atoms. The molecule has 0 saturated carbocycles. The highest BCUT2D eigenvalue weighted by atomic mass is 19.2. The minimum absolute atomic E-state index is 0.0740. The van der Waals surface area contributed by atoms with Crippen LogP contribution in [0.4, 0.5) is 14.5 Å². The molecule has 3 N–H and O–H groups in total. The van der Waals surface area contributed by atoms with Crippen LogP contribution in [-0.2, 0) is 13.5 Å². The maximum Gasteiger partial charge on any atom is 0.253 e. The van der Waals surface area contributed by atoms with Gasteiger partial charge < -0.3 is 11.1 Å². The molecule has 0 aliphatic rings. The molecule has 20 heavy (non-hydrogen) atoms. The van der Waals surface area contributed by atoms with Gasteiger partial charge in [0.05, 0.1) is 11.8 Å². The number of benzene rings is 1. The van der Waals surface area contributed by atoms with Crippen molar-refractivity contribution in [2.75, 3.05) is 12.3 Å². The van der Waals surface area contributed by atoms with E-state index in [0.29, 0.717) is 13.0 Å². The van der Waals surface area contributed by atoms with E-state index in [1.807, 2.05) is 6.20 Å². The Morgan fingerprint density at radius 3 is 2.75 bits per heavy atom. The van der Waals surface area contributed by atoms with Crippen LogP contribution in [0.5, 0.6) is 0 Å². The van der Waals surface area contributed by atoms with Gasteiger partial charge in [0.1, 0.15) is 0 Å². The van der Waals surface area contributed by atoms with Crippen molar-refractivity contribution in [2.45, 2.75) is 6.42 Å². The zero-order chi connectivity index (χ0) is 14.7. The number of carbonyl (C=O) groups is 1. The summed E-state index contributed by atoms with van der Waals surface area (Å²) >= 11 is 0. The lowest BCUT2D eigenvalue weighted by atomic mass is 10.1. The lowest BCUT2D eigenvalue weighted by molar-refractivity contribution is 0.0954. The number of hydrogen-bond acceptors (Lipinski definition) is 3. The van der Waals surface area contributed by atoms with Crippen LogP contribution in [0.3, 0.4) is 0 Å². The molecule has 0 radical (unpaired) electrons. The maximum absolute atomic E-state index is 13.1. The van der Waals surface area contributed by atoms with Gasteiger partial charge in [0, 0.05) is 31.5 Å². The maximum atomic E-state index is 13.1. The van der Waals surface area contributed by atoms with E-state index in [-0.39, 0.29) is 11.3 Å². The van der Waals surface area contributed by atoms with Crippen LogP contribution in [0.2, 0.25) is 0 Å². The molecule has 0 fully saturated rings. The summed E-state index contributed by atoms with van der Waals surface area (Å²) in [5.41, 5.74) is 6.29. The van der Waals surface area contributed by atoms with Crippen LogP contribution in [0.1, 0.15) is 15.9 Å². The van der Waals surface area contributed by atoms with Crippen molar-refractivity contribution in [1.29, 1.82) is 0 Å². The molecule has 1 aromatic heterocycles. The van der Waals surface area contributed by atoms with Crippen LogP contribution in [-0.4, -0.2) is 22.2 Å². The van der Waals surface area contributed by atoms with E-state index in [1.165, 1.54) is 0 Å². The normalized spacial score (nSPS) is 10.6. The fourth-order valence-electron chi connectivity index (χ4n) is 1.78. The van der Waals surface area contributed by atoms with Gasteiger partial charge >= 0.3 is 0 Å². The number of carbonyl (C=O) groups excluding carboxylic acids is 1. The smallest absolute Gasteiger partial charge is 0.253 e. The Kier molecular flexibility index (Phi) is 3.97. The fourth-order valence-corrected chi connectivity index (χ4v) is 1.78. The molecule has 2 aromatic rings. The average Bonchev–Trinajstić information content (AvgIpc) is 2.79. The lowest BCUT2D eigenvalue weighted by Crippen LogP contribution is -2.26. The molecule has 0 unspecified atom stereocenters. The summed E-state index contributed by atoms with van der Waals surface area (Å²) in [7, 11) is 1.80. The van der Waals surface area contributed by atoms with Crippen LogP contribution >= 0.6 is 0 Å². The van der Waals surface area contributed by atoms with Crippen LogP contribution in [0.15, 0.2) is 24.5 Å². The first-order valence-electron chi connectivity index (χ1n) is 5.97. The van der Waals surface area contributed by atoms with Crippen molar-refractivity contribution in [3.63, 3.8) is 0 Å². The average molecular weight is 280 g/mol. The Morgan fingerprint density at radius 1 is 1.40 bits per heavy atom. The zero-order valence-electron chi connectivity index (χ0n) is 10.9. The van der Waals surface area contributed by atoms with Crippen molar-refractivity contribution in [3.8, 4) is 0 Å². The van der Waals surface area contributed by atoms with Gasteiger partial charge in [0.25, 0.3) is 5.91 Å². The van der Waals surface area contributed by atoms with Gasteiger partial charge in [-0.1, -0.05) is 0 Å². The molecule has 106 valence electrons. The lowest BCUT2D eigenvalue weighted by Gasteiger charge is -2.07. The van der Waals surface area contributed by atoms with Gasteiger partial charge in [0.2, 0.25) is 0 Å². The summed E-state index contributed by atoms with van der Waals surface area (Å²) in [6.07, 6.45) is 4.11. The van der Waals surface area contributed by atoms with Gasteiger partial charge in [-0.3, -0.25) is 9.48 Å². The summed E-state index contributed by atoms with van der Waals surface area (Å²) < 4.78 is 27.6. The van der Waals surface area contributed by atoms with Crippen molar-refractivity contribution in [1.82, 2.24) is 15.1 Å². The molecule has 0 aliphatic heterocycles. The molecule has 7 heteroatoms. The predicted molar refractivity (Wildman–Crippen MR) is 70.0 cm³/mol. The Labute approximate surface area is 114 Å². The molecule has 2 rings (SSSR count). The molecule has 1 aromatic carbocycles. The Bertz CT molecular complexity index is 639. The number of hydrogen-bond donors (Lipinski definition) is 2. The van der Waals surface area contributed by atoms with E-state index >= 15 is 0 Å². The topological polar surface area (TPSA) is 72.9 Å². The molecule has 0 aliphatic carbocycles. The van der Waals surface area contributed by atoms with Gasteiger partial charge in [-0.15, -0.1) is 0 Å². The number of amides is 1. The highest BCUT2D eigenvalue weighted by Gasteiger charge is 2.13. The summed E-state index contributed by atoms with van der Waals surface area (Å²) in [5, 5.41) is 6.60. The first kappa shape index (κ1) is 14.0. The predicted octanol–water partition coefficient (Wildman–Crippen LogP) is 1.25. The molecule has 5 nitrogen and oxygen atoms in total. The number of nitrogens with two attached hydrogens (primary N) is 1. The van der Waals surface area contributed by atoms with Crippen molar-refractivity contribution < 1.29 is 13.6 Å². The number of nitrogen functional groups attached to an aromatic ring is 1. The van der Waals surface area contributed by atoms with E-state index < -0.39 is 17.5 Å². The number of rotatable bonds is 4. The number of halogens is 2. The summed E-state index contributed by atoms with van der Waals surface area (Å²) in [4.78, 5) is 11.8. The molecule has 0 bridgehead atoms. The van der Waals surface area contributed by atoms with E-state index in [4.69, 9.17) is 5.73 Å². The van der Waals surface area contributed by atoms with Gasteiger partial charge in [0.15, 0.2) is 11.6 Å². The molecule has 1 heterocycles. The van der Waals surface area contributed by atoms with Crippen LogP contribution in [0, 0.1) is 11.6 Å². The number of aromatic nitrogens is 2. The molecule has 1 amide bonds. The zero-order valence-corrected chi connectivity index (χ0v) is 10.9. The SMILES string of the molecule is Cn1cc(CCNC(=O)c2cc(F)c(F)cc2N)cn1. The van der Waals surface area contributed by atoms with Crippen molar-refractivity contribution >= 4 is 11.6 Å². The van der Waals surface area contributed by atoms with Gasteiger partial charge in [-0.25, -0.2) is 8.78 Å². The second-order valence-electron chi connectivity index (χ2n) is 4.38. The van der Waals surface area contributed by atoms with Crippen molar-refractivity contribution in [3.05, 3.63) is 47.3 Å². The third-order valence-corrected chi connectivity index (χ3v) is 2.79. The number of anilines is 1. The van der Waals surface area contributed by atoms with Crippen LogP contribution in [0.25, 0.3) is 0 Å². The Hall–Kier alpha value is -2.44. The fraction of sp³-hybridized carbons (Fsp3) is 0.231. The Balaban J connectivity index is 1.97. The van der Waals surface area contributed by atoms with Gasteiger partial charge in [-0.05, 0) is 18.1 Å². The van der Waals surface area contributed by atoms with E-state index in [2.05, 4.69) is 10.4 Å². The monoisotopic (exact) mass is 280 g/mol. The number of nitrogens with one attached hydrogen (secondary N) is 1. The molecular formula is C13H14F2N4O. The standard InChI is InChI=1S/C13H14F2N4O/c1-19-7-8(6-18-19)2-3-17-13(20)9-4-10(14)11(15)5-12(9)16/h4-7H,2-3,16H2,1H3,(H,17,20). The highest BCUT2D eigenvalue weighted by Crippen LogP contribution is 2.16. The van der Waals surface area contributed by atoms with E-state index in [0.717, 1.165) is 17.7 Å². The Morgan fingerprint density at radius 2 is 2.10 bits per heavy atom. The first-order chi connectivity index (χ1) is 9.47. The highest BCUT2D eigenvalue weighted by molar-refractivity contribution is 5.99. The second kappa shape index (κ2) is 5.68. The molecule has 0 atom stereocenters. The largest absolute Gasteiger partial charge is 0.398 e. The summed E-state index contributed by atoms with van der Waals surface area (Å²) in [6, 6.07) is 1.59. The quantitative estimate of drug-likeness (QED) is 0.828. The van der Waals surface area contributed by atoms with Gasteiger partial charge in [-0.2, -0.15) is 5.10 Å². The third kappa shape index (κ3) is 3.11. The minimum atomic E-state index is -1.10. The summed E-state index contributed by atoms with van der Waals surface area (Å²) in [6.45, 7) is 0.350. The summed E-state index contributed by atoms with van der Waals surface area (Å²) in [5.74, 6) is -2.71. The molecule has 0 saturated heterocycles. The third-order valence-electron chi connectivity index (χ3n) is 2.79. The van der Waals surface area contributed by atoms with E-state index in [9.17, 15) is 13.6 Å². The van der Waals surface area contributed by atoms with E-state index in [1.54, 1.807) is 17.9 Å². The first-order valence-corrected chi connectivity index (χ1v) is 5.97. The molecular weight excluding hydrogens is 266 g/mol.